The van der Waals surface area contributed by atoms with Crippen LogP contribution < -0.4 is 44.0 Å². The van der Waals surface area contributed by atoms with Gasteiger partial charge in [0.05, 0.1) is 42.7 Å². The Morgan fingerprint density at radius 2 is 0.548 bits per heavy atom. The van der Waals surface area contributed by atoms with Crippen molar-refractivity contribution in [2.45, 2.75) is 0 Å². The van der Waals surface area contributed by atoms with Gasteiger partial charge in [0.1, 0.15) is 43.3 Å². The van der Waals surface area contributed by atoms with Gasteiger partial charge in [-0.3, -0.25) is 0 Å². The van der Waals surface area contributed by atoms with Crippen LogP contribution in [0.15, 0.2) is 54.6 Å². The summed E-state index contributed by atoms with van der Waals surface area (Å²) < 4.78 is 33.3. The molecule has 0 aliphatic rings. The molecule has 0 aromatic heterocycles. The lowest BCUT2D eigenvalue weighted by molar-refractivity contribution is 0.395. The van der Waals surface area contributed by atoms with E-state index >= 15 is 0 Å². The summed E-state index contributed by atoms with van der Waals surface area (Å²) in [5.74, 6) is 4.40. The van der Waals surface area contributed by atoms with Crippen LogP contribution in [0.4, 0.5) is 0 Å². The molecule has 0 amide bonds. The Labute approximate surface area is 184 Å². The second-order valence-electron chi connectivity index (χ2n) is 6.87. The Kier molecular flexibility index (Phi) is 7.30. The molecule has 0 saturated carbocycles. The molecule has 0 spiro atoms. The molecule has 0 aliphatic carbocycles. The second-order valence-corrected chi connectivity index (χ2v) is 9.74. The summed E-state index contributed by atoms with van der Waals surface area (Å²) in [4.78, 5) is 0. The van der Waals surface area contributed by atoms with E-state index in [1.807, 2.05) is 18.2 Å². The van der Waals surface area contributed by atoms with E-state index in [9.17, 15) is 0 Å². The van der Waals surface area contributed by atoms with Crippen LogP contribution in [0.25, 0.3) is 0 Å². The molecule has 0 radical (unpaired) electrons. The molecule has 0 atom stereocenters. The Bertz CT molecular complexity index is 838. The van der Waals surface area contributed by atoms with E-state index in [1.54, 1.807) is 42.7 Å². The summed E-state index contributed by atoms with van der Waals surface area (Å²) in [6, 6.07) is 17.9. The third kappa shape index (κ3) is 5.06. The number of methoxy groups -OCH3 is 6. The van der Waals surface area contributed by atoms with Crippen LogP contribution >= 0.6 is 0 Å². The Balaban J connectivity index is 2.30. The van der Waals surface area contributed by atoms with E-state index in [4.69, 9.17) is 28.4 Å². The summed E-state index contributed by atoms with van der Waals surface area (Å²) in [5, 5.41) is 3.34. The summed E-state index contributed by atoms with van der Waals surface area (Å²) in [6.45, 7) is 0. The Morgan fingerprint density at radius 3 is 0.710 bits per heavy atom. The topological polar surface area (TPSA) is 55.4 Å². The maximum atomic E-state index is 5.54. The van der Waals surface area contributed by atoms with Gasteiger partial charge in [-0.25, -0.2) is 0 Å². The highest BCUT2D eigenvalue weighted by Crippen LogP contribution is 2.23. The molecule has 0 fully saturated rings. The lowest BCUT2D eigenvalue weighted by Gasteiger charge is -2.21. The zero-order valence-corrected chi connectivity index (χ0v) is 19.9. The summed E-state index contributed by atoms with van der Waals surface area (Å²) in [6.07, 6.45) is 0. The zero-order chi connectivity index (χ0) is 22.4. The molecule has 3 aromatic rings. The minimum atomic E-state index is -2.04. The van der Waals surface area contributed by atoms with Gasteiger partial charge in [0.2, 0.25) is 0 Å². The molecular weight excluding hydrogens is 412 g/mol. The van der Waals surface area contributed by atoms with Crippen molar-refractivity contribution in [1.82, 2.24) is 0 Å². The molecule has 0 bridgehead atoms. The van der Waals surface area contributed by atoms with Gasteiger partial charge < -0.3 is 28.4 Å². The Morgan fingerprint density at radius 1 is 0.355 bits per heavy atom. The quantitative estimate of drug-likeness (QED) is 0.375. The van der Waals surface area contributed by atoms with E-state index in [2.05, 4.69) is 36.4 Å². The first-order valence-corrected chi connectivity index (χ1v) is 11.5. The summed E-state index contributed by atoms with van der Waals surface area (Å²) in [5.41, 5.74) is 0. The SMILES string of the molecule is COc1cc(OC)cc([SiH](c2cc(OC)cc(OC)c2)c2cc(OC)cc(OC)c2)c1. The number of ether oxygens (including phenoxy) is 6. The predicted octanol–water partition coefficient (Wildman–Crippen LogP) is 1.99. The largest absolute Gasteiger partial charge is 0.497 e. The van der Waals surface area contributed by atoms with Gasteiger partial charge in [-0.2, -0.15) is 0 Å². The third-order valence-electron chi connectivity index (χ3n) is 5.12. The van der Waals surface area contributed by atoms with E-state index in [0.29, 0.717) is 0 Å². The molecule has 31 heavy (non-hydrogen) atoms. The van der Waals surface area contributed by atoms with Crippen molar-refractivity contribution in [3.63, 3.8) is 0 Å². The highest BCUT2D eigenvalue weighted by molar-refractivity contribution is 6.95. The minimum absolute atomic E-state index is 0.733. The summed E-state index contributed by atoms with van der Waals surface area (Å²) >= 11 is 0. The molecule has 0 heterocycles. The summed E-state index contributed by atoms with van der Waals surface area (Å²) in [7, 11) is 7.87. The van der Waals surface area contributed by atoms with E-state index in [1.165, 1.54) is 0 Å². The van der Waals surface area contributed by atoms with Crippen molar-refractivity contribution in [3.05, 3.63) is 54.6 Å². The van der Waals surface area contributed by atoms with Gasteiger partial charge in [0.15, 0.2) is 0 Å². The van der Waals surface area contributed by atoms with Crippen molar-refractivity contribution in [2.24, 2.45) is 0 Å². The lowest BCUT2D eigenvalue weighted by atomic mass is 10.3. The molecule has 0 N–H and O–H groups in total. The van der Waals surface area contributed by atoms with Crippen LogP contribution in [-0.4, -0.2) is 51.5 Å². The van der Waals surface area contributed by atoms with Crippen molar-refractivity contribution in [3.8, 4) is 34.5 Å². The van der Waals surface area contributed by atoms with Crippen LogP contribution in [-0.2, 0) is 0 Å². The predicted molar refractivity (Wildman–Crippen MR) is 125 cm³/mol. The van der Waals surface area contributed by atoms with Crippen LogP contribution in [0.1, 0.15) is 0 Å². The van der Waals surface area contributed by atoms with Crippen molar-refractivity contribution < 1.29 is 28.4 Å². The van der Waals surface area contributed by atoms with Crippen LogP contribution in [0.2, 0.25) is 0 Å². The molecule has 164 valence electrons. The smallest absolute Gasteiger partial charge is 0.134 e. The first-order valence-electron chi connectivity index (χ1n) is 9.74. The zero-order valence-electron chi connectivity index (χ0n) is 18.7. The molecule has 3 aromatic carbocycles. The minimum Gasteiger partial charge on any atom is -0.497 e. The average Bonchev–Trinajstić information content (AvgIpc) is 2.83. The van der Waals surface area contributed by atoms with Crippen LogP contribution in [0.3, 0.4) is 0 Å². The standard InChI is InChI=1S/C24H28O6Si/c1-25-16-7-17(26-2)11-22(10-16)31(23-12-18(27-3)8-19(13-23)28-4)24-14-20(29-5)9-21(15-24)30-6/h7-15,31H,1-6H3. The fourth-order valence-electron chi connectivity index (χ4n) is 3.57. The molecule has 0 saturated heterocycles. The number of rotatable bonds is 9. The average molecular weight is 441 g/mol. The van der Waals surface area contributed by atoms with Gasteiger partial charge in [0, 0.05) is 18.2 Å². The molecular formula is C24H28O6Si. The number of hydrogen-bond donors (Lipinski definition) is 0. The monoisotopic (exact) mass is 440 g/mol. The molecule has 3 rings (SSSR count). The Hall–Kier alpha value is -3.32. The normalized spacial score (nSPS) is 10.5. The molecule has 0 unspecified atom stereocenters. The van der Waals surface area contributed by atoms with Crippen molar-refractivity contribution >= 4 is 24.4 Å². The first kappa shape index (κ1) is 22.4. The van der Waals surface area contributed by atoms with E-state index in [0.717, 1.165) is 50.1 Å². The van der Waals surface area contributed by atoms with Gasteiger partial charge in [0.25, 0.3) is 0 Å². The van der Waals surface area contributed by atoms with Gasteiger partial charge in [-0.15, -0.1) is 0 Å². The molecule has 6 nitrogen and oxygen atoms in total. The number of hydrogen-bond acceptors (Lipinski definition) is 6. The van der Waals surface area contributed by atoms with Crippen molar-refractivity contribution in [1.29, 1.82) is 0 Å². The van der Waals surface area contributed by atoms with Gasteiger partial charge >= 0.3 is 0 Å². The van der Waals surface area contributed by atoms with E-state index in [-0.39, 0.29) is 0 Å². The second kappa shape index (κ2) is 10.1. The molecule has 0 aliphatic heterocycles. The van der Waals surface area contributed by atoms with Crippen molar-refractivity contribution in [2.75, 3.05) is 42.7 Å². The maximum Gasteiger partial charge on any atom is 0.134 e. The maximum absolute atomic E-state index is 5.54. The highest BCUT2D eigenvalue weighted by Gasteiger charge is 2.24. The van der Waals surface area contributed by atoms with Gasteiger partial charge in [-0.05, 0) is 52.0 Å². The van der Waals surface area contributed by atoms with Crippen LogP contribution in [0.5, 0.6) is 34.5 Å². The number of benzene rings is 3. The van der Waals surface area contributed by atoms with Crippen LogP contribution in [0, 0.1) is 0 Å². The highest BCUT2D eigenvalue weighted by atomic mass is 28.3. The van der Waals surface area contributed by atoms with Gasteiger partial charge in [-0.1, -0.05) is 0 Å². The third-order valence-corrected chi connectivity index (χ3v) is 8.12. The fraction of sp³-hybridized carbons (Fsp3) is 0.250. The fourth-order valence-corrected chi connectivity index (χ4v) is 6.71. The first-order chi connectivity index (χ1) is 15.0. The molecule has 7 heteroatoms. The lowest BCUT2D eigenvalue weighted by Crippen LogP contribution is -2.52. The van der Waals surface area contributed by atoms with E-state index < -0.39 is 8.80 Å².